The lowest BCUT2D eigenvalue weighted by atomic mass is 10.00. The number of piperazine rings is 1. The summed E-state index contributed by atoms with van der Waals surface area (Å²) in [4.78, 5) is 7.58. The third-order valence-corrected chi connectivity index (χ3v) is 5.01. The summed E-state index contributed by atoms with van der Waals surface area (Å²) in [5, 5.41) is 12.1. The van der Waals surface area contributed by atoms with E-state index in [1.807, 2.05) is 0 Å². The summed E-state index contributed by atoms with van der Waals surface area (Å²) in [5.41, 5.74) is 2.00. The van der Waals surface area contributed by atoms with Crippen molar-refractivity contribution in [2.24, 2.45) is 0 Å². The molecule has 2 aliphatic rings. The summed E-state index contributed by atoms with van der Waals surface area (Å²) in [6, 6.07) is 12.8. The largest absolute Gasteiger partial charge is 0.314 e. The van der Waals surface area contributed by atoms with Crippen LogP contribution in [0.2, 0.25) is 0 Å². The molecule has 0 bridgehead atoms. The van der Waals surface area contributed by atoms with E-state index in [1.54, 1.807) is 0 Å². The van der Waals surface area contributed by atoms with Crippen LogP contribution in [0.25, 0.3) is 10.9 Å². The lowest BCUT2D eigenvalue weighted by Gasteiger charge is -2.45. The van der Waals surface area contributed by atoms with Gasteiger partial charge in [-0.3, -0.25) is 10.2 Å². The van der Waals surface area contributed by atoms with Gasteiger partial charge in [-0.2, -0.15) is 0 Å². The first-order valence-corrected chi connectivity index (χ1v) is 8.66. The highest BCUT2D eigenvalue weighted by molar-refractivity contribution is 5.78. The van der Waals surface area contributed by atoms with E-state index >= 15 is 0 Å². The van der Waals surface area contributed by atoms with Gasteiger partial charge in [0.1, 0.15) is 5.66 Å². The van der Waals surface area contributed by atoms with E-state index in [0.29, 0.717) is 0 Å². The number of hydrogen-bond acceptors (Lipinski definition) is 5. The summed E-state index contributed by atoms with van der Waals surface area (Å²) >= 11 is 0. The van der Waals surface area contributed by atoms with E-state index < -0.39 is 0 Å². The number of rotatable bonds is 2. The Labute approximate surface area is 137 Å². The maximum absolute atomic E-state index is 5.02. The topological polar surface area (TPSA) is 52.2 Å². The minimum atomic E-state index is -0.206. The quantitative estimate of drug-likeness (QED) is 0.769. The fraction of sp³-hybridized carbons (Fsp3) is 0.500. The lowest BCUT2D eigenvalue weighted by molar-refractivity contribution is 0.0417. The Morgan fingerprint density at radius 1 is 0.913 bits per heavy atom. The van der Waals surface area contributed by atoms with E-state index in [2.05, 4.69) is 57.2 Å². The highest BCUT2D eigenvalue weighted by Gasteiger charge is 2.40. The predicted molar refractivity (Wildman–Crippen MR) is 93.4 cm³/mol. The Kier molecular flexibility index (Phi) is 4.27. The smallest absolute Gasteiger partial charge is 0.128 e. The summed E-state index contributed by atoms with van der Waals surface area (Å²) in [5.74, 6) is 0. The molecule has 2 fully saturated rings. The molecule has 5 nitrogen and oxygen atoms in total. The van der Waals surface area contributed by atoms with Crippen molar-refractivity contribution >= 4 is 10.9 Å². The molecule has 0 spiro atoms. The van der Waals surface area contributed by atoms with Crippen LogP contribution in [0.5, 0.6) is 0 Å². The molecule has 3 heterocycles. The molecule has 122 valence electrons. The molecular weight excluding hydrogens is 286 g/mol. The van der Waals surface area contributed by atoms with Gasteiger partial charge in [0.2, 0.25) is 0 Å². The summed E-state index contributed by atoms with van der Waals surface area (Å²) < 4.78 is 0. The number of nitrogens with one attached hydrogen (secondary N) is 3. The fourth-order valence-corrected chi connectivity index (χ4v) is 3.75. The first-order valence-electron chi connectivity index (χ1n) is 8.66. The van der Waals surface area contributed by atoms with Crippen molar-refractivity contribution in [1.82, 2.24) is 25.8 Å². The van der Waals surface area contributed by atoms with Gasteiger partial charge in [0, 0.05) is 38.1 Å². The number of aromatic nitrogens is 1. The summed E-state index contributed by atoms with van der Waals surface area (Å²) in [7, 11) is 0. The lowest BCUT2D eigenvalue weighted by Crippen LogP contribution is -2.64. The van der Waals surface area contributed by atoms with Gasteiger partial charge < -0.3 is 10.6 Å². The van der Waals surface area contributed by atoms with Crippen LogP contribution in [0.15, 0.2) is 36.4 Å². The average Bonchev–Trinajstić information content (AvgIpc) is 2.89. The highest BCUT2D eigenvalue weighted by Crippen LogP contribution is 2.27. The number of benzene rings is 1. The van der Waals surface area contributed by atoms with Crippen molar-refractivity contribution in [3.8, 4) is 0 Å². The minimum absolute atomic E-state index is 0.206. The van der Waals surface area contributed by atoms with Gasteiger partial charge in [-0.15, -0.1) is 0 Å². The van der Waals surface area contributed by atoms with E-state index in [9.17, 15) is 0 Å². The van der Waals surface area contributed by atoms with Gasteiger partial charge in [0.25, 0.3) is 0 Å². The Bertz CT molecular complexity index is 657. The molecule has 0 radical (unpaired) electrons. The first kappa shape index (κ1) is 15.0. The van der Waals surface area contributed by atoms with Crippen molar-refractivity contribution in [3.05, 3.63) is 42.1 Å². The van der Waals surface area contributed by atoms with Crippen molar-refractivity contribution in [1.29, 1.82) is 0 Å². The van der Waals surface area contributed by atoms with Crippen LogP contribution in [0.3, 0.4) is 0 Å². The number of hydrogen-bond donors (Lipinski definition) is 3. The molecule has 2 aromatic rings. The molecule has 1 aromatic heterocycles. The van der Waals surface area contributed by atoms with E-state index in [4.69, 9.17) is 4.98 Å². The second-order valence-corrected chi connectivity index (χ2v) is 6.44. The molecule has 1 aromatic carbocycles. The van der Waals surface area contributed by atoms with Crippen LogP contribution in [-0.2, 0) is 5.66 Å². The molecule has 1 atom stereocenters. The molecule has 2 saturated heterocycles. The van der Waals surface area contributed by atoms with Crippen LogP contribution in [0, 0.1) is 0 Å². The van der Waals surface area contributed by atoms with E-state index in [1.165, 1.54) is 5.39 Å². The van der Waals surface area contributed by atoms with Crippen LogP contribution in [0.1, 0.15) is 12.1 Å². The first-order chi connectivity index (χ1) is 11.4. The number of nitrogens with zero attached hydrogens (tertiary/aromatic N) is 2. The van der Waals surface area contributed by atoms with Crippen molar-refractivity contribution < 1.29 is 0 Å². The fourth-order valence-electron chi connectivity index (χ4n) is 3.75. The Balaban J connectivity index is 1.78. The molecule has 23 heavy (non-hydrogen) atoms. The maximum Gasteiger partial charge on any atom is 0.128 e. The zero-order valence-corrected chi connectivity index (χ0v) is 13.5. The summed E-state index contributed by atoms with van der Waals surface area (Å²) in [6.45, 7) is 7.15. The molecule has 4 rings (SSSR count). The zero-order valence-electron chi connectivity index (χ0n) is 13.5. The van der Waals surface area contributed by atoms with Crippen molar-refractivity contribution in [2.75, 3.05) is 45.8 Å². The van der Waals surface area contributed by atoms with Crippen molar-refractivity contribution in [3.63, 3.8) is 0 Å². The average molecular weight is 311 g/mol. The van der Waals surface area contributed by atoms with Gasteiger partial charge in [0.05, 0.1) is 11.2 Å². The van der Waals surface area contributed by atoms with Crippen molar-refractivity contribution in [2.45, 2.75) is 12.1 Å². The predicted octanol–water partition coefficient (Wildman–Crippen LogP) is 0.876. The maximum atomic E-state index is 5.02. The van der Waals surface area contributed by atoms with Crippen LogP contribution >= 0.6 is 0 Å². The molecule has 2 aliphatic heterocycles. The summed E-state index contributed by atoms with van der Waals surface area (Å²) in [6.07, 6.45) is 1.15. The van der Waals surface area contributed by atoms with Crippen LogP contribution < -0.4 is 16.0 Å². The van der Waals surface area contributed by atoms with Gasteiger partial charge in [0.15, 0.2) is 0 Å². The normalized spacial score (nSPS) is 27.0. The Morgan fingerprint density at radius 3 is 2.70 bits per heavy atom. The number of para-hydroxylation sites is 1. The second-order valence-electron chi connectivity index (χ2n) is 6.44. The molecule has 1 unspecified atom stereocenters. The monoisotopic (exact) mass is 311 g/mol. The number of pyridine rings is 1. The van der Waals surface area contributed by atoms with Gasteiger partial charge in [-0.05, 0) is 31.6 Å². The Morgan fingerprint density at radius 2 is 1.78 bits per heavy atom. The van der Waals surface area contributed by atoms with Gasteiger partial charge in [-0.1, -0.05) is 24.3 Å². The SMILES string of the molecule is c1ccc2nc(C3(N4CCNCC4)CNCCCN3)ccc2c1. The molecule has 0 saturated carbocycles. The highest BCUT2D eigenvalue weighted by atomic mass is 15.4. The molecule has 3 N–H and O–H groups in total. The molecular formula is C18H25N5. The zero-order chi connectivity index (χ0) is 15.5. The molecule has 5 heteroatoms. The van der Waals surface area contributed by atoms with E-state index in [-0.39, 0.29) is 5.66 Å². The van der Waals surface area contributed by atoms with E-state index in [0.717, 1.165) is 63.4 Å². The standard InChI is InChI=1S/C18H25N5/c1-2-5-16-15(4-1)6-7-17(22-16)18(14-20-8-3-9-21-18)23-12-10-19-11-13-23/h1-2,4-7,19-21H,3,8-14H2. The third-order valence-electron chi connectivity index (χ3n) is 5.01. The Hall–Kier alpha value is -1.53. The van der Waals surface area contributed by atoms with Gasteiger partial charge >= 0.3 is 0 Å². The minimum Gasteiger partial charge on any atom is -0.314 e. The van der Waals surface area contributed by atoms with Crippen LogP contribution in [-0.4, -0.2) is 55.7 Å². The van der Waals surface area contributed by atoms with Gasteiger partial charge in [-0.25, -0.2) is 4.98 Å². The molecule has 0 aliphatic carbocycles. The third kappa shape index (κ3) is 2.85. The number of fused-ring (bicyclic) bond motifs is 1. The van der Waals surface area contributed by atoms with Crippen LogP contribution in [0.4, 0.5) is 0 Å². The molecule has 0 amide bonds. The second kappa shape index (κ2) is 6.53.